The third-order valence-electron chi connectivity index (χ3n) is 6.19. The summed E-state index contributed by atoms with van der Waals surface area (Å²) in [6, 6.07) is 5.56. The van der Waals surface area contributed by atoms with E-state index in [0.717, 1.165) is 30.3 Å². The van der Waals surface area contributed by atoms with Crippen LogP contribution in [0.25, 0.3) is 0 Å². The highest BCUT2D eigenvalue weighted by molar-refractivity contribution is 6.05. The number of piperidine rings is 2. The van der Waals surface area contributed by atoms with Crippen LogP contribution < -0.4 is 10.2 Å². The van der Waals surface area contributed by atoms with Gasteiger partial charge in [-0.15, -0.1) is 0 Å². The number of carbonyl (C=O) groups is 3. The molecule has 1 aromatic rings. The highest BCUT2D eigenvalue weighted by Crippen LogP contribution is 2.32. The zero-order valence-corrected chi connectivity index (χ0v) is 15.9. The Morgan fingerprint density at radius 3 is 2.59 bits per heavy atom. The van der Waals surface area contributed by atoms with Crippen LogP contribution in [0, 0.1) is 5.92 Å². The lowest BCUT2D eigenvalue weighted by Gasteiger charge is -2.33. The van der Waals surface area contributed by atoms with Crippen LogP contribution in [0.15, 0.2) is 18.2 Å². The van der Waals surface area contributed by atoms with Gasteiger partial charge in [0.25, 0.3) is 5.91 Å². The number of carbonyl (C=O) groups excluding carboxylic acids is 3. The van der Waals surface area contributed by atoms with Gasteiger partial charge in [0.2, 0.25) is 11.8 Å². The minimum absolute atomic E-state index is 0.0952. The van der Waals surface area contributed by atoms with Crippen molar-refractivity contribution < 1.29 is 14.4 Å². The summed E-state index contributed by atoms with van der Waals surface area (Å²) < 4.78 is 0. The van der Waals surface area contributed by atoms with Crippen molar-refractivity contribution in [1.29, 1.82) is 0 Å². The first-order valence-corrected chi connectivity index (χ1v) is 10.1. The number of hydrogen-bond acceptors (Lipinski definition) is 4. The first kappa shape index (κ1) is 18.0. The minimum Gasteiger partial charge on any atom is -0.371 e. The molecule has 1 atom stereocenters. The minimum atomic E-state index is -0.546. The summed E-state index contributed by atoms with van der Waals surface area (Å²) in [5, 5.41) is 2.35. The summed E-state index contributed by atoms with van der Waals surface area (Å²) in [6.45, 7) is 4.76. The SMILES string of the molecule is CCCC1CCN(c2ccc3c(c2)C(=O)N(C2CCC(=O)NC2=O)C3)CC1. The van der Waals surface area contributed by atoms with Crippen molar-refractivity contribution in [1.82, 2.24) is 10.2 Å². The fraction of sp³-hybridized carbons (Fsp3) is 0.571. The summed E-state index contributed by atoms with van der Waals surface area (Å²) in [4.78, 5) is 40.5. The van der Waals surface area contributed by atoms with Crippen molar-refractivity contribution >= 4 is 23.4 Å². The molecule has 1 N–H and O–H groups in total. The molecule has 1 aromatic carbocycles. The highest BCUT2D eigenvalue weighted by atomic mass is 16.2. The molecular formula is C21H27N3O3. The maximum atomic E-state index is 12.9. The fourth-order valence-electron chi connectivity index (χ4n) is 4.63. The number of nitrogens with zero attached hydrogens (tertiary/aromatic N) is 2. The topological polar surface area (TPSA) is 69.7 Å². The number of hydrogen-bond donors (Lipinski definition) is 1. The van der Waals surface area contributed by atoms with Crippen LogP contribution in [0.3, 0.4) is 0 Å². The molecule has 0 saturated carbocycles. The summed E-state index contributed by atoms with van der Waals surface area (Å²) in [5.74, 6) is 0.118. The van der Waals surface area contributed by atoms with Crippen molar-refractivity contribution in [3.63, 3.8) is 0 Å². The van der Waals surface area contributed by atoms with Gasteiger partial charge in [0, 0.05) is 37.3 Å². The molecule has 6 heteroatoms. The average molecular weight is 369 g/mol. The summed E-state index contributed by atoms with van der Waals surface area (Å²) in [7, 11) is 0. The highest BCUT2D eigenvalue weighted by Gasteiger charge is 2.39. The van der Waals surface area contributed by atoms with E-state index >= 15 is 0 Å². The maximum absolute atomic E-state index is 12.9. The van der Waals surface area contributed by atoms with Gasteiger partial charge >= 0.3 is 0 Å². The summed E-state index contributed by atoms with van der Waals surface area (Å²) in [6.07, 6.45) is 5.66. The summed E-state index contributed by atoms with van der Waals surface area (Å²) >= 11 is 0. The first-order chi connectivity index (χ1) is 13.1. The Kier molecular flexibility index (Phi) is 4.89. The monoisotopic (exact) mass is 369 g/mol. The molecule has 0 spiro atoms. The van der Waals surface area contributed by atoms with E-state index in [-0.39, 0.29) is 24.1 Å². The second kappa shape index (κ2) is 7.33. The zero-order valence-electron chi connectivity index (χ0n) is 15.9. The molecule has 0 aromatic heterocycles. The molecule has 6 nitrogen and oxygen atoms in total. The Morgan fingerprint density at radius 1 is 1.11 bits per heavy atom. The standard InChI is InChI=1S/C21H27N3O3/c1-2-3-14-8-10-23(11-9-14)16-5-4-15-13-24(21(27)17(15)12-16)18-6-7-19(25)22-20(18)26/h4-5,12,14,18H,2-3,6-11,13H2,1H3,(H,22,25,26). The molecule has 3 amide bonds. The molecule has 4 rings (SSSR count). The molecule has 0 radical (unpaired) electrons. The molecule has 0 aliphatic carbocycles. The van der Waals surface area contributed by atoms with E-state index in [2.05, 4.69) is 23.2 Å². The normalized spacial score (nSPS) is 23.6. The van der Waals surface area contributed by atoms with Crippen LogP contribution in [-0.2, 0) is 16.1 Å². The molecule has 3 aliphatic rings. The van der Waals surface area contributed by atoms with Crippen LogP contribution in [0.2, 0.25) is 0 Å². The third kappa shape index (κ3) is 3.45. The van der Waals surface area contributed by atoms with Gasteiger partial charge in [-0.1, -0.05) is 25.8 Å². The average Bonchev–Trinajstić information content (AvgIpc) is 2.99. The molecule has 27 heavy (non-hydrogen) atoms. The molecule has 1 unspecified atom stereocenters. The van der Waals surface area contributed by atoms with E-state index in [0.29, 0.717) is 18.5 Å². The van der Waals surface area contributed by atoms with Gasteiger partial charge in [-0.2, -0.15) is 0 Å². The van der Waals surface area contributed by atoms with Crippen molar-refractivity contribution in [3.05, 3.63) is 29.3 Å². The number of nitrogens with one attached hydrogen (secondary N) is 1. The van der Waals surface area contributed by atoms with Crippen LogP contribution in [-0.4, -0.2) is 41.8 Å². The molecule has 0 bridgehead atoms. The largest absolute Gasteiger partial charge is 0.371 e. The Hall–Kier alpha value is -2.37. The molecule has 144 valence electrons. The van der Waals surface area contributed by atoms with E-state index in [4.69, 9.17) is 0 Å². The van der Waals surface area contributed by atoms with Gasteiger partial charge < -0.3 is 9.80 Å². The van der Waals surface area contributed by atoms with E-state index < -0.39 is 6.04 Å². The van der Waals surface area contributed by atoms with Crippen LogP contribution in [0.5, 0.6) is 0 Å². The molecular weight excluding hydrogens is 342 g/mol. The lowest BCUT2D eigenvalue weighted by Crippen LogP contribution is -2.52. The third-order valence-corrected chi connectivity index (χ3v) is 6.19. The maximum Gasteiger partial charge on any atom is 0.255 e. The Labute approximate surface area is 159 Å². The summed E-state index contributed by atoms with van der Waals surface area (Å²) in [5.41, 5.74) is 2.77. The van der Waals surface area contributed by atoms with Crippen molar-refractivity contribution in [2.24, 2.45) is 5.92 Å². The molecule has 3 aliphatic heterocycles. The van der Waals surface area contributed by atoms with Crippen molar-refractivity contribution in [2.75, 3.05) is 18.0 Å². The van der Waals surface area contributed by atoms with Crippen LogP contribution >= 0.6 is 0 Å². The Morgan fingerprint density at radius 2 is 1.89 bits per heavy atom. The molecule has 3 heterocycles. The van der Waals surface area contributed by atoms with Gasteiger partial charge in [0.05, 0.1) is 0 Å². The van der Waals surface area contributed by atoms with E-state index in [1.165, 1.54) is 25.7 Å². The number of anilines is 1. The predicted octanol–water partition coefficient (Wildman–Crippen LogP) is 2.46. The lowest BCUT2D eigenvalue weighted by atomic mass is 9.92. The zero-order chi connectivity index (χ0) is 19.0. The second-order valence-electron chi connectivity index (χ2n) is 7.96. The van der Waals surface area contributed by atoms with E-state index in [9.17, 15) is 14.4 Å². The second-order valence-corrected chi connectivity index (χ2v) is 7.96. The van der Waals surface area contributed by atoms with E-state index in [1.807, 2.05) is 12.1 Å². The molecule has 2 saturated heterocycles. The number of imide groups is 1. The first-order valence-electron chi connectivity index (χ1n) is 10.1. The smallest absolute Gasteiger partial charge is 0.255 e. The lowest BCUT2D eigenvalue weighted by molar-refractivity contribution is -0.136. The number of benzene rings is 1. The van der Waals surface area contributed by atoms with Gasteiger partial charge in [0.1, 0.15) is 6.04 Å². The Bertz CT molecular complexity index is 768. The van der Waals surface area contributed by atoms with E-state index in [1.54, 1.807) is 4.90 Å². The van der Waals surface area contributed by atoms with Crippen molar-refractivity contribution in [3.8, 4) is 0 Å². The number of rotatable bonds is 4. The predicted molar refractivity (Wildman–Crippen MR) is 102 cm³/mol. The fourth-order valence-corrected chi connectivity index (χ4v) is 4.63. The van der Waals surface area contributed by atoms with Gasteiger partial charge in [-0.25, -0.2) is 0 Å². The van der Waals surface area contributed by atoms with Gasteiger partial charge in [-0.05, 0) is 42.9 Å². The van der Waals surface area contributed by atoms with Crippen LogP contribution in [0.1, 0.15) is 61.4 Å². The Balaban J connectivity index is 1.47. The number of amides is 3. The molecule has 2 fully saturated rings. The van der Waals surface area contributed by atoms with Gasteiger partial charge in [0.15, 0.2) is 0 Å². The quantitative estimate of drug-likeness (QED) is 0.828. The number of fused-ring (bicyclic) bond motifs is 1. The van der Waals surface area contributed by atoms with Crippen molar-refractivity contribution in [2.45, 2.75) is 58.0 Å². The van der Waals surface area contributed by atoms with Crippen LogP contribution in [0.4, 0.5) is 5.69 Å². The van der Waals surface area contributed by atoms with Gasteiger partial charge in [-0.3, -0.25) is 19.7 Å².